The number of nitrogens with zero attached hydrogens (tertiary/aromatic N) is 2. The fraction of sp³-hybridized carbons (Fsp3) is 0.500. The number of aromatic nitrogens is 2. The molecular formula is C12H15N3OSe. The van der Waals surface area contributed by atoms with Gasteiger partial charge >= 0.3 is 106 Å². The quantitative estimate of drug-likeness (QED) is 0.856. The Kier molecular flexibility index (Phi) is 3.14. The molecule has 0 radical (unpaired) electrons. The molecule has 1 saturated heterocycles. The van der Waals surface area contributed by atoms with Crippen molar-refractivity contribution in [3.05, 3.63) is 18.2 Å². The molecule has 90 valence electrons. The molecule has 4 nitrogen and oxygen atoms in total. The third-order valence-electron chi connectivity index (χ3n) is 3.13. The molecule has 1 aromatic heterocycles. The molecule has 17 heavy (non-hydrogen) atoms. The predicted octanol–water partition coefficient (Wildman–Crippen LogP) is 1.67. The number of fused-ring (bicyclic) bond motifs is 1. The van der Waals surface area contributed by atoms with Crippen LogP contribution in [-0.4, -0.2) is 41.7 Å². The standard InChI is InChI=1S/C12H15N3OSe/c1-8-7-9(5-6-16-8)13-10-3-2-4-11-12(10)15-17-14-11/h2-4,8-9,13H,5-7H2,1H3. The molecule has 1 fully saturated rings. The van der Waals surface area contributed by atoms with Crippen LogP contribution in [0.1, 0.15) is 19.8 Å². The van der Waals surface area contributed by atoms with Crippen molar-refractivity contribution in [2.75, 3.05) is 11.9 Å². The topological polar surface area (TPSA) is 47.0 Å². The molecule has 1 aliphatic rings. The van der Waals surface area contributed by atoms with Crippen molar-refractivity contribution >= 4 is 31.7 Å². The van der Waals surface area contributed by atoms with Gasteiger partial charge in [-0.25, -0.2) is 0 Å². The van der Waals surface area contributed by atoms with Gasteiger partial charge in [-0.3, -0.25) is 0 Å². The summed E-state index contributed by atoms with van der Waals surface area (Å²) in [5, 5.41) is 3.59. The van der Waals surface area contributed by atoms with Crippen LogP contribution in [0.3, 0.4) is 0 Å². The second-order valence-electron chi connectivity index (χ2n) is 4.48. The molecule has 2 aromatic rings. The van der Waals surface area contributed by atoms with Crippen molar-refractivity contribution in [1.82, 2.24) is 7.96 Å². The Balaban J connectivity index is 1.82. The molecule has 2 unspecified atom stereocenters. The van der Waals surface area contributed by atoms with E-state index < -0.39 is 0 Å². The van der Waals surface area contributed by atoms with Gasteiger partial charge in [0.05, 0.1) is 0 Å². The van der Waals surface area contributed by atoms with E-state index in [4.69, 9.17) is 4.74 Å². The fourth-order valence-electron chi connectivity index (χ4n) is 2.27. The van der Waals surface area contributed by atoms with E-state index in [0.29, 0.717) is 12.1 Å². The van der Waals surface area contributed by atoms with Crippen molar-refractivity contribution in [2.24, 2.45) is 0 Å². The third kappa shape index (κ3) is 2.36. The number of benzene rings is 1. The monoisotopic (exact) mass is 297 g/mol. The van der Waals surface area contributed by atoms with Crippen LogP contribution >= 0.6 is 0 Å². The summed E-state index contributed by atoms with van der Waals surface area (Å²) in [7, 11) is 0. The van der Waals surface area contributed by atoms with Gasteiger partial charge in [0.25, 0.3) is 0 Å². The van der Waals surface area contributed by atoms with Crippen LogP contribution < -0.4 is 5.32 Å². The van der Waals surface area contributed by atoms with Crippen molar-refractivity contribution in [3.63, 3.8) is 0 Å². The van der Waals surface area contributed by atoms with Crippen LogP contribution in [-0.2, 0) is 4.74 Å². The molecule has 0 amide bonds. The second-order valence-corrected chi connectivity index (χ2v) is 5.59. The number of rotatable bonds is 2. The average Bonchev–Trinajstić information content (AvgIpc) is 2.78. The molecule has 1 aromatic carbocycles. The van der Waals surface area contributed by atoms with Crippen LogP contribution in [0.25, 0.3) is 11.0 Å². The Morgan fingerprint density at radius 2 is 2.35 bits per heavy atom. The van der Waals surface area contributed by atoms with Crippen molar-refractivity contribution in [3.8, 4) is 0 Å². The van der Waals surface area contributed by atoms with Gasteiger partial charge in [-0.15, -0.1) is 0 Å². The first-order valence-corrected chi connectivity index (χ1v) is 7.45. The summed E-state index contributed by atoms with van der Waals surface area (Å²) in [6.07, 6.45) is 2.48. The van der Waals surface area contributed by atoms with E-state index in [-0.39, 0.29) is 15.0 Å². The third-order valence-corrected chi connectivity index (χ3v) is 4.27. The van der Waals surface area contributed by atoms with Crippen LogP contribution in [0.2, 0.25) is 0 Å². The molecule has 0 saturated carbocycles. The van der Waals surface area contributed by atoms with Crippen molar-refractivity contribution < 1.29 is 4.74 Å². The molecule has 5 heteroatoms. The summed E-state index contributed by atoms with van der Waals surface area (Å²) in [6.45, 7) is 2.98. The van der Waals surface area contributed by atoms with E-state index in [1.807, 2.05) is 12.1 Å². The van der Waals surface area contributed by atoms with E-state index in [0.717, 1.165) is 36.2 Å². The zero-order valence-corrected chi connectivity index (χ0v) is 11.4. The first-order valence-electron chi connectivity index (χ1n) is 5.92. The van der Waals surface area contributed by atoms with Gasteiger partial charge in [-0.2, -0.15) is 0 Å². The van der Waals surface area contributed by atoms with Crippen molar-refractivity contribution in [2.45, 2.75) is 31.9 Å². The Morgan fingerprint density at radius 1 is 1.41 bits per heavy atom. The summed E-state index contributed by atoms with van der Waals surface area (Å²) in [5.41, 5.74) is 3.21. The summed E-state index contributed by atoms with van der Waals surface area (Å²) in [5.74, 6) is 0. The molecule has 0 bridgehead atoms. The first-order chi connectivity index (χ1) is 8.33. The molecule has 2 atom stereocenters. The van der Waals surface area contributed by atoms with E-state index >= 15 is 0 Å². The fourth-order valence-corrected chi connectivity index (χ4v) is 3.42. The van der Waals surface area contributed by atoms with E-state index in [9.17, 15) is 0 Å². The van der Waals surface area contributed by atoms with Gasteiger partial charge in [0.15, 0.2) is 0 Å². The maximum absolute atomic E-state index is 5.56. The molecule has 0 aliphatic carbocycles. The summed E-state index contributed by atoms with van der Waals surface area (Å²) < 4.78 is 14.4. The molecule has 3 rings (SSSR count). The normalized spacial score (nSPS) is 25.0. The number of hydrogen-bond acceptors (Lipinski definition) is 4. The average molecular weight is 296 g/mol. The van der Waals surface area contributed by atoms with Crippen LogP contribution in [0.5, 0.6) is 0 Å². The number of hydrogen-bond donors (Lipinski definition) is 1. The second kappa shape index (κ2) is 4.76. The molecule has 2 heterocycles. The number of anilines is 1. The van der Waals surface area contributed by atoms with Gasteiger partial charge in [-0.1, -0.05) is 0 Å². The van der Waals surface area contributed by atoms with Gasteiger partial charge in [0.2, 0.25) is 0 Å². The minimum atomic E-state index is 0.0447. The van der Waals surface area contributed by atoms with Gasteiger partial charge in [0, 0.05) is 0 Å². The number of nitrogens with one attached hydrogen (secondary N) is 1. The zero-order chi connectivity index (χ0) is 11.7. The Morgan fingerprint density at radius 3 is 3.24 bits per heavy atom. The summed E-state index contributed by atoms with van der Waals surface area (Å²) >= 11 is 0.0447. The van der Waals surface area contributed by atoms with E-state index in [2.05, 4.69) is 26.3 Å². The zero-order valence-electron chi connectivity index (χ0n) is 9.72. The molecule has 0 spiro atoms. The summed E-state index contributed by atoms with van der Waals surface area (Å²) in [6, 6.07) is 6.67. The number of ether oxygens (including phenoxy) is 1. The van der Waals surface area contributed by atoms with Crippen molar-refractivity contribution in [1.29, 1.82) is 0 Å². The molecule has 1 aliphatic heterocycles. The molecular weight excluding hydrogens is 281 g/mol. The Labute approximate surface area is 107 Å². The van der Waals surface area contributed by atoms with Crippen LogP contribution in [0, 0.1) is 0 Å². The Hall–Kier alpha value is -0.901. The van der Waals surface area contributed by atoms with Crippen LogP contribution in [0.15, 0.2) is 18.2 Å². The first kappa shape index (κ1) is 11.2. The van der Waals surface area contributed by atoms with Crippen LogP contribution in [0.4, 0.5) is 5.69 Å². The SMILES string of the molecule is CC1CC(Nc2cccc3n[se]nc23)CCO1. The van der Waals surface area contributed by atoms with E-state index in [1.165, 1.54) is 0 Å². The summed E-state index contributed by atoms with van der Waals surface area (Å²) in [4.78, 5) is 0. The van der Waals surface area contributed by atoms with Gasteiger partial charge in [0.1, 0.15) is 0 Å². The molecule has 1 N–H and O–H groups in total. The van der Waals surface area contributed by atoms with E-state index in [1.54, 1.807) is 0 Å². The minimum absolute atomic E-state index is 0.0447. The Bertz CT molecular complexity index is 513. The van der Waals surface area contributed by atoms with Gasteiger partial charge in [-0.05, 0) is 0 Å². The predicted molar refractivity (Wildman–Crippen MR) is 68.5 cm³/mol. The van der Waals surface area contributed by atoms with Gasteiger partial charge < -0.3 is 0 Å². The maximum atomic E-state index is 5.56.